The minimum absolute atomic E-state index is 0.131. The zero-order valence-corrected chi connectivity index (χ0v) is 15.7. The number of amidine groups is 1. The highest BCUT2D eigenvalue weighted by Gasteiger charge is 2.42. The fraction of sp³-hybridized carbons (Fsp3) is 0.235. The summed E-state index contributed by atoms with van der Waals surface area (Å²) in [6.45, 7) is 1.59. The first-order chi connectivity index (χ1) is 13.2. The van der Waals surface area contributed by atoms with Crippen LogP contribution in [0.15, 0.2) is 47.3 Å². The molecule has 0 radical (unpaired) electrons. The maximum atomic E-state index is 12.1. The fourth-order valence-corrected chi connectivity index (χ4v) is 3.14. The third-order valence-corrected chi connectivity index (χ3v) is 4.48. The molecule has 2 N–H and O–H groups in total. The lowest BCUT2D eigenvalue weighted by molar-refractivity contribution is -0.00472. The van der Waals surface area contributed by atoms with Gasteiger partial charge >= 0.3 is 6.09 Å². The smallest absolute Gasteiger partial charge is 0.417 e. The van der Waals surface area contributed by atoms with Crippen LogP contribution in [-0.2, 0) is 19.0 Å². The lowest BCUT2D eigenvalue weighted by atomic mass is 10.1. The van der Waals surface area contributed by atoms with Gasteiger partial charge in [0.05, 0.1) is 18.1 Å². The van der Waals surface area contributed by atoms with E-state index in [1.165, 1.54) is 35.6 Å². The van der Waals surface area contributed by atoms with Gasteiger partial charge in [0.25, 0.3) is 16.0 Å². The van der Waals surface area contributed by atoms with Crippen LogP contribution in [0, 0.1) is 5.41 Å². The van der Waals surface area contributed by atoms with Gasteiger partial charge in [0.15, 0.2) is 0 Å². The third kappa shape index (κ3) is 4.21. The molecule has 148 valence electrons. The summed E-state index contributed by atoms with van der Waals surface area (Å²) in [5.41, 5.74) is 1.12. The van der Waals surface area contributed by atoms with Gasteiger partial charge in [-0.25, -0.2) is 8.98 Å². The molecule has 2 amide bonds. The summed E-state index contributed by atoms with van der Waals surface area (Å²) < 4.78 is 37.1. The maximum absolute atomic E-state index is 12.1. The van der Waals surface area contributed by atoms with Crippen molar-refractivity contribution in [3.8, 4) is 0 Å². The first kappa shape index (κ1) is 19.6. The quantitative estimate of drug-likeness (QED) is 0.437. The van der Waals surface area contributed by atoms with Crippen molar-refractivity contribution < 1.29 is 31.3 Å². The van der Waals surface area contributed by atoms with Crippen molar-refractivity contribution in [2.45, 2.75) is 19.3 Å². The lowest BCUT2D eigenvalue weighted by Gasteiger charge is -2.20. The highest BCUT2D eigenvalue weighted by atomic mass is 32.2. The van der Waals surface area contributed by atoms with Crippen molar-refractivity contribution in [3.63, 3.8) is 0 Å². The summed E-state index contributed by atoms with van der Waals surface area (Å²) in [6, 6.07) is 6.97. The average molecular weight is 407 g/mol. The lowest BCUT2D eigenvalue weighted by Crippen LogP contribution is -2.36. The SMILES string of the molecule is CC1C(OS(C)(=O)=O)OC(=O)N1c1ccc(C(=N)NC(=O)c2ccoc2)cc1. The highest BCUT2D eigenvalue weighted by molar-refractivity contribution is 7.86. The first-order valence-corrected chi connectivity index (χ1v) is 9.88. The second-order valence-electron chi connectivity index (χ2n) is 6.05. The number of nitrogens with one attached hydrogen (secondary N) is 2. The van der Waals surface area contributed by atoms with Gasteiger partial charge in [-0.3, -0.25) is 15.1 Å². The summed E-state index contributed by atoms with van der Waals surface area (Å²) >= 11 is 0. The Balaban J connectivity index is 1.71. The number of hydrogen-bond acceptors (Lipinski definition) is 8. The number of carbonyl (C=O) groups is 2. The van der Waals surface area contributed by atoms with Crippen molar-refractivity contribution >= 4 is 33.6 Å². The fourth-order valence-electron chi connectivity index (χ4n) is 2.60. The summed E-state index contributed by atoms with van der Waals surface area (Å²) in [4.78, 5) is 25.3. The molecule has 2 atom stereocenters. The molecule has 28 heavy (non-hydrogen) atoms. The number of hydrogen-bond donors (Lipinski definition) is 2. The zero-order chi connectivity index (χ0) is 20.5. The van der Waals surface area contributed by atoms with Gasteiger partial charge in [0.1, 0.15) is 18.1 Å². The van der Waals surface area contributed by atoms with E-state index < -0.39 is 34.5 Å². The molecule has 0 spiro atoms. The van der Waals surface area contributed by atoms with Crippen LogP contribution >= 0.6 is 0 Å². The number of benzene rings is 1. The monoisotopic (exact) mass is 407 g/mol. The van der Waals surface area contributed by atoms with E-state index in [1.807, 2.05) is 0 Å². The zero-order valence-electron chi connectivity index (χ0n) is 14.9. The van der Waals surface area contributed by atoms with E-state index in [2.05, 4.69) is 5.32 Å². The van der Waals surface area contributed by atoms with Crippen LogP contribution in [0.25, 0.3) is 0 Å². The second-order valence-corrected chi connectivity index (χ2v) is 7.65. The molecule has 1 saturated heterocycles. The molecular weight excluding hydrogens is 390 g/mol. The summed E-state index contributed by atoms with van der Waals surface area (Å²) in [5, 5.41) is 10.4. The van der Waals surface area contributed by atoms with E-state index in [0.717, 1.165) is 6.26 Å². The van der Waals surface area contributed by atoms with Crippen molar-refractivity contribution in [1.29, 1.82) is 5.41 Å². The number of anilines is 1. The summed E-state index contributed by atoms with van der Waals surface area (Å²) in [5.74, 6) is -0.617. The molecule has 2 aromatic rings. The van der Waals surface area contributed by atoms with E-state index in [0.29, 0.717) is 11.3 Å². The highest BCUT2D eigenvalue weighted by Crippen LogP contribution is 2.28. The van der Waals surface area contributed by atoms with Crippen LogP contribution in [-0.4, -0.2) is 44.8 Å². The number of ether oxygens (including phenoxy) is 1. The van der Waals surface area contributed by atoms with Gasteiger partial charge in [-0.1, -0.05) is 0 Å². The molecule has 3 rings (SSSR count). The number of cyclic esters (lactones) is 1. The number of rotatable bonds is 5. The number of carbonyl (C=O) groups excluding carboxylic acids is 2. The van der Waals surface area contributed by atoms with Crippen molar-refractivity contribution in [3.05, 3.63) is 54.0 Å². The van der Waals surface area contributed by atoms with Crippen LogP contribution in [0.4, 0.5) is 10.5 Å². The van der Waals surface area contributed by atoms with Crippen LogP contribution in [0.3, 0.4) is 0 Å². The predicted molar refractivity (Wildman–Crippen MR) is 97.6 cm³/mol. The Morgan fingerprint density at radius 2 is 1.89 bits per heavy atom. The van der Waals surface area contributed by atoms with Gasteiger partial charge in [0, 0.05) is 11.3 Å². The van der Waals surface area contributed by atoms with Crippen LogP contribution in [0.5, 0.6) is 0 Å². The van der Waals surface area contributed by atoms with Crippen molar-refractivity contribution in [1.82, 2.24) is 5.32 Å². The Morgan fingerprint density at radius 3 is 2.46 bits per heavy atom. The molecule has 1 aliphatic heterocycles. The predicted octanol–water partition coefficient (Wildman–Crippen LogP) is 1.68. The summed E-state index contributed by atoms with van der Waals surface area (Å²) in [6.07, 6.45) is 1.48. The molecule has 1 fully saturated rings. The Morgan fingerprint density at radius 1 is 1.21 bits per heavy atom. The van der Waals surface area contributed by atoms with Crippen LogP contribution in [0.2, 0.25) is 0 Å². The van der Waals surface area contributed by atoms with E-state index in [-0.39, 0.29) is 11.4 Å². The Bertz CT molecular complexity index is 1000. The molecule has 2 unspecified atom stereocenters. The van der Waals surface area contributed by atoms with Gasteiger partial charge in [-0.2, -0.15) is 8.42 Å². The Kier molecular flexibility index (Phi) is 5.21. The average Bonchev–Trinajstić information content (AvgIpc) is 3.23. The molecular formula is C17H17N3O7S. The standard InChI is InChI=1S/C17H17N3O7S/c1-10-16(27-28(2,23)24)26-17(22)20(10)13-5-3-11(4-6-13)14(18)19-15(21)12-7-8-25-9-12/h3-10,16H,1-2H3,(H2,18,19,21). The number of furan rings is 1. The molecule has 10 nitrogen and oxygen atoms in total. The molecule has 1 aromatic carbocycles. The minimum atomic E-state index is -3.80. The maximum Gasteiger partial charge on any atom is 0.417 e. The summed E-state index contributed by atoms with van der Waals surface area (Å²) in [7, 11) is -3.80. The van der Waals surface area contributed by atoms with Crippen LogP contribution < -0.4 is 10.2 Å². The number of nitrogens with zero attached hydrogens (tertiary/aromatic N) is 1. The molecule has 2 heterocycles. The van der Waals surface area contributed by atoms with E-state index in [1.54, 1.807) is 19.1 Å². The second kappa shape index (κ2) is 7.44. The van der Waals surface area contributed by atoms with E-state index in [9.17, 15) is 18.0 Å². The van der Waals surface area contributed by atoms with Crippen LogP contribution in [0.1, 0.15) is 22.8 Å². The third-order valence-electron chi connectivity index (χ3n) is 3.94. The van der Waals surface area contributed by atoms with Gasteiger partial charge in [-0.05, 0) is 37.3 Å². The van der Waals surface area contributed by atoms with E-state index in [4.69, 9.17) is 18.7 Å². The largest absolute Gasteiger partial charge is 0.472 e. The van der Waals surface area contributed by atoms with Gasteiger partial charge in [0.2, 0.25) is 6.29 Å². The van der Waals surface area contributed by atoms with Crippen molar-refractivity contribution in [2.24, 2.45) is 0 Å². The Hall–Kier alpha value is -3.18. The molecule has 1 aliphatic rings. The number of amides is 2. The van der Waals surface area contributed by atoms with Gasteiger partial charge in [-0.15, -0.1) is 0 Å². The molecule has 11 heteroatoms. The minimum Gasteiger partial charge on any atom is -0.472 e. The first-order valence-electron chi connectivity index (χ1n) is 8.06. The van der Waals surface area contributed by atoms with E-state index >= 15 is 0 Å². The Labute approximate surface area is 160 Å². The topological polar surface area (TPSA) is 139 Å². The molecule has 0 saturated carbocycles. The molecule has 1 aromatic heterocycles. The molecule has 0 aliphatic carbocycles. The van der Waals surface area contributed by atoms with Gasteiger partial charge < -0.3 is 14.5 Å². The van der Waals surface area contributed by atoms with Crippen molar-refractivity contribution in [2.75, 3.05) is 11.2 Å². The normalized spacial score (nSPS) is 19.4. The molecule has 0 bridgehead atoms.